The number of carbonyl (C=O) groups is 2. The number of halogens is 1. The molecule has 9 heteroatoms. The lowest BCUT2D eigenvalue weighted by atomic mass is 10.1. The number of ether oxygens (including phenoxy) is 1. The maximum Gasteiger partial charge on any atom is 0.323 e. The molecule has 0 radical (unpaired) electrons. The number of phenols is 1. The van der Waals surface area contributed by atoms with Gasteiger partial charge in [0.1, 0.15) is 17.1 Å². The molecule has 30 heavy (non-hydrogen) atoms. The summed E-state index contributed by atoms with van der Waals surface area (Å²) in [6.45, 7) is 7.01. The number of likely N-dealkylation sites (N-methyl/N-ethyl adjacent to an activating group) is 1. The lowest BCUT2D eigenvalue weighted by Crippen LogP contribution is -2.35. The van der Waals surface area contributed by atoms with E-state index in [-0.39, 0.29) is 27.2 Å². The molecule has 2 aromatic carbocycles. The van der Waals surface area contributed by atoms with Gasteiger partial charge in [-0.2, -0.15) is 0 Å². The minimum atomic E-state index is -0.500. The predicted octanol–water partition coefficient (Wildman–Crippen LogP) is 3.88. The van der Waals surface area contributed by atoms with Gasteiger partial charge in [0.25, 0.3) is 5.91 Å². The first-order valence-corrected chi connectivity index (χ1v) is 10.4. The number of aromatic hydroxyl groups is 1. The van der Waals surface area contributed by atoms with E-state index in [2.05, 4.69) is 50.6 Å². The van der Waals surface area contributed by atoms with Gasteiger partial charge in [-0.15, -0.1) is 0 Å². The van der Waals surface area contributed by atoms with Crippen LogP contribution in [0.25, 0.3) is 0 Å². The third-order valence-electron chi connectivity index (χ3n) is 4.54. The molecule has 2 rings (SSSR count). The highest BCUT2D eigenvalue weighted by Gasteiger charge is 2.23. The van der Waals surface area contributed by atoms with Crippen LogP contribution in [0.5, 0.6) is 11.5 Å². The molecule has 3 amide bonds. The molecule has 0 bridgehead atoms. The molecule has 4 N–H and O–H groups in total. The summed E-state index contributed by atoms with van der Waals surface area (Å²) in [7, 11) is 1.39. The van der Waals surface area contributed by atoms with Gasteiger partial charge in [-0.25, -0.2) is 4.79 Å². The molecular weight excluding hydrogens is 452 g/mol. The number of hydrogen-bond acceptors (Lipinski definition) is 5. The van der Waals surface area contributed by atoms with Crippen LogP contribution in [-0.2, 0) is 0 Å². The molecule has 0 saturated heterocycles. The Kier molecular flexibility index (Phi) is 8.94. The molecule has 0 unspecified atom stereocenters. The van der Waals surface area contributed by atoms with Crippen LogP contribution in [0.3, 0.4) is 0 Å². The van der Waals surface area contributed by atoms with E-state index in [4.69, 9.17) is 4.74 Å². The monoisotopic (exact) mass is 478 g/mol. The molecule has 0 fully saturated rings. The summed E-state index contributed by atoms with van der Waals surface area (Å²) in [6.07, 6.45) is 0. The van der Waals surface area contributed by atoms with Gasteiger partial charge in [-0.05, 0) is 41.2 Å². The Labute approximate surface area is 184 Å². The molecule has 8 nitrogen and oxygen atoms in total. The van der Waals surface area contributed by atoms with Crippen molar-refractivity contribution in [3.8, 4) is 11.5 Å². The molecular formula is C21H27BrN4O4. The van der Waals surface area contributed by atoms with E-state index in [0.29, 0.717) is 18.8 Å². The highest BCUT2D eigenvalue weighted by atomic mass is 79.9. The van der Waals surface area contributed by atoms with E-state index < -0.39 is 11.9 Å². The number of benzene rings is 2. The lowest BCUT2D eigenvalue weighted by molar-refractivity contribution is 0.0943. The van der Waals surface area contributed by atoms with Crippen LogP contribution in [0.4, 0.5) is 16.2 Å². The quantitative estimate of drug-likeness (QED) is 0.437. The minimum absolute atomic E-state index is 0.00191. The molecule has 0 heterocycles. The third-order valence-corrected chi connectivity index (χ3v) is 5.34. The number of methoxy groups -OCH3 is 1. The first-order chi connectivity index (χ1) is 14.4. The maximum absolute atomic E-state index is 12.6. The molecule has 0 saturated carbocycles. The zero-order valence-corrected chi connectivity index (χ0v) is 18.9. The number of anilines is 2. The van der Waals surface area contributed by atoms with E-state index in [0.717, 1.165) is 13.1 Å². The number of hydrogen-bond donors (Lipinski definition) is 4. The Morgan fingerprint density at radius 3 is 2.40 bits per heavy atom. The highest BCUT2D eigenvalue weighted by molar-refractivity contribution is 9.10. The number of amides is 3. The number of para-hydroxylation sites is 1. The van der Waals surface area contributed by atoms with Crippen LogP contribution >= 0.6 is 15.9 Å². The van der Waals surface area contributed by atoms with E-state index in [9.17, 15) is 14.7 Å². The first-order valence-electron chi connectivity index (χ1n) is 9.64. The Morgan fingerprint density at radius 2 is 1.80 bits per heavy atom. The summed E-state index contributed by atoms with van der Waals surface area (Å²) in [6, 6.07) is 9.92. The number of carbonyl (C=O) groups excluding carboxylic acids is 2. The van der Waals surface area contributed by atoms with Crippen LogP contribution in [0.15, 0.2) is 40.9 Å². The molecule has 2 aromatic rings. The number of nitrogens with one attached hydrogen (secondary N) is 3. The van der Waals surface area contributed by atoms with Crippen LogP contribution in [0.2, 0.25) is 0 Å². The zero-order chi connectivity index (χ0) is 22.1. The summed E-state index contributed by atoms with van der Waals surface area (Å²) in [5, 5.41) is 18.7. The van der Waals surface area contributed by atoms with Crippen molar-refractivity contribution in [3.63, 3.8) is 0 Å². The van der Waals surface area contributed by atoms with Crippen molar-refractivity contribution in [3.05, 3.63) is 46.4 Å². The number of urea groups is 1. The Balaban J connectivity index is 2.15. The molecule has 0 aromatic heterocycles. The van der Waals surface area contributed by atoms with Crippen LogP contribution in [0, 0.1) is 0 Å². The first kappa shape index (κ1) is 23.5. The predicted molar refractivity (Wildman–Crippen MR) is 122 cm³/mol. The molecule has 162 valence electrons. The largest absolute Gasteiger partial charge is 0.506 e. The molecule has 0 aliphatic carbocycles. The summed E-state index contributed by atoms with van der Waals surface area (Å²) in [4.78, 5) is 27.1. The second-order valence-corrected chi connectivity index (χ2v) is 7.18. The van der Waals surface area contributed by atoms with E-state index >= 15 is 0 Å². The number of rotatable bonds is 9. The van der Waals surface area contributed by atoms with Crippen molar-refractivity contribution in [2.75, 3.05) is 43.9 Å². The summed E-state index contributed by atoms with van der Waals surface area (Å²) >= 11 is 3.25. The zero-order valence-electron chi connectivity index (χ0n) is 17.3. The smallest absolute Gasteiger partial charge is 0.323 e. The molecule has 0 aliphatic rings. The van der Waals surface area contributed by atoms with Gasteiger partial charge in [0, 0.05) is 24.8 Å². The maximum atomic E-state index is 12.6. The fourth-order valence-corrected chi connectivity index (χ4v) is 3.27. The van der Waals surface area contributed by atoms with Crippen LogP contribution in [0.1, 0.15) is 24.2 Å². The summed E-state index contributed by atoms with van der Waals surface area (Å²) in [5.74, 6) is -0.631. The average molecular weight is 479 g/mol. The van der Waals surface area contributed by atoms with Gasteiger partial charge in [0.05, 0.1) is 17.3 Å². The van der Waals surface area contributed by atoms with Crippen molar-refractivity contribution in [1.82, 2.24) is 10.2 Å². The fraction of sp³-hybridized carbons (Fsp3) is 0.333. The summed E-state index contributed by atoms with van der Waals surface area (Å²) in [5.41, 5.74) is 0.877. The Hall–Kier alpha value is -2.78. The number of nitrogens with zero attached hydrogens (tertiary/aromatic N) is 1. The van der Waals surface area contributed by atoms with Crippen molar-refractivity contribution in [1.29, 1.82) is 0 Å². The SMILES string of the molecule is CCN(CC)CCNC(=O)c1c(OC)cc(NC(=O)Nc2ccccc2)c(Br)c1O. The second-order valence-electron chi connectivity index (χ2n) is 6.39. The van der Waals surface area contributed by atoms with Gasteiger partial charge < -0.3 is 30.7 Å². The van der Waals surface area contributed by atoms with Crippen molar-refractivity contribution >= 4 is 39.2 Å². The highest BCUT2D eigenvalue weighted by Crippen LogP contribution is 2.40. The van der Waals surface area contributed by atoms with Gasteiger partial charge in [0.15, 0.2) is 0 Å². The third kappa shape index (κ3) is 6.11. The minimum Gasteiger partial charge on any atom is -0.506 e. The van der Waals surface area contributed by atoms with Crippen LogP contribution in [-0.4, -0.2) is 55.2 Å². The normalized spacial score (nSPS) is 10.6. The topological polar surface area (TPSA) is 103 Å². The second kappa shape index (κ2) is 11.4. The van der Waals surface area contributed by atoms with Gasteiger partial charge in [-0.3, -0.25) is 4.79 Å². The van der Waals surface area contributed by atoms with E-state index in [1.807, 2.05) is 6.07 Å². The Bertz CT molecular complexity index is 873. The molecule has 0 spiro atoms. The number of phenolic OH excluding ortho intramolecular Hbond substituents is 1. The fourth-order valence-electron chi connectivity index (χ4n) is 2.85. The summed E-state index contributed by atoms with van der Waals surface area (Å²) < 4.78 is 5.47. The lowest BCUT2D eigenvalue weighted by Gasteiger charge is -2.19. The van der Waals surface area contributed by atoms with Crippen molar-refractivity contribution in [2.24, 2.45) is 0 Å². The van der Waals surface area contributed by atoms with Gasteiger partial charge >= 0.3 is 6.03 Å². The molecule has 0 atom stereocenters. The Morgan fingerprint density at radius 1 is 1.13 bits per heavy atom. The van der Waals surface area contributed by atoms with Gasteiger partial charge in [-0.1, -0.05) is 32.0 Å². The van der Waals surface area contributed by atoms with Gasteiger partial charge in [0.2, 0.25) is 0 Å². The van der Waals surface area contributed by atoms with Crippen molar-refractivity contribution in [2.45, 2.75) is 13.8 Å². The van der Waals surface area contributed by atoms with E-state index in [1.54, 1.807) is 24.3 Å². The van der Waals surface area contributed by atoms with Crippen LogP contribution < -0.4 is 20.7 Å². The molecule has 0 aliphatic heterocycles. The van der Waals surface area contributed by atoms with E-state index in [1.165, 1.54) is 13.2 Å². The van der Waals surface area contributed by atoms with Crippen molar-refractivity contribution < 1.29 is 19.4 Å². The average Bonchev–Trinajstić information content (AvgIpc) is 2.74. The standard InChI is InChI=1S/C21H27BrN4O4/c1-4-26(5-2)12-11-23-20(28)17-16(30-3)13-15(18(22)19(17)27)25-21(29)24-14-9-7-6-8-10-14/h6-10,13,27H,4-5,11-12H2,1-3H3,(H,23,28)(H2,24,25,29).